The van der Waals surface area contributed by atoms with Crippen LogP contribution in [0.5, 0.6) is 11.5 Å². The average Bonchev–Trinajstić information content (AvgIpc) is 2.89. The number of ether oxygens (including phenoxy) is 2. The number of hydrogen-bond acceptors (Lipinski definition) is 6. The summed E-state index contributed by atoms with van der Waals surface area (Å²) in [6.45, 7) is 2.22. The molecule has 0 spiro atoms. The van der Waals surface area contributed by atoms with E-state index in [2.05, 4.69) is 5.32 Å². The lowest BCUT2D eigenvalue weighted by Gasteiger charge is -2.32. The molecule has 1 aliphatic heterocycles. The lowest BCUT2D eigenvalue weighted by atomic mass is 10.2. The fraction of sp³-hybridized carbons (Fsp3) is 0.222. The fourth-order valence-electron chi connectivity index (χ4n) is 3.57. The van der Waals surface area contributed by atoms with Crippen molar-refractivity contribution in [2.24, 2.45) is 4.99 Å². The summed E-state index contributed by atoms with van der Waals surface area (Å²) in [5, 5.41) is 3.25. The second kappa shape index (κ2) is 11.5. The van der Waals surface area contributed by atoms with E-state index in [4.69, 9.17) is 26.1 Å². The lowest BCUT2D eigenvalue weighted by Crippen LogP contribution is -2.44. The van der Waals surface area contributed by atoms with Gasteiger partial charge in [-0.15, -0.1) is 0 Å². The van der Waals surface area contributed by atoms with Gasteiger partial charge in [-0.2, -0.15) is 0 Å². The number of amidine groups is 1. The minimum Gasteiger partial charge on any atom is -0.497 e. The van der Waals surface area contributed by atoms with Crippen LogP contribution in [-0.4, -0.2) is 41.4 Å². The van der Waals surface area contributed by atoms with Gasteiger partial charge in [-0.05, 0) is 66.6 Å². The standard InChI is InChI=1S/C27H26ClN3O4S/c1-17-4-7-20(14-23(17)28)29-26(33)24-15-25(32)31(16-18-5-10-21(34-2)11-6-18)27(36-24)30-19-8-12-22(35-3)13-9-19/h4-14,24H,15-16H2,1-3H3,(H,29,33). The van der Waals surface area contributed by atoms with E-state index in [0.29, 0.717) is 33.9 Å². The first-order valence-electron chi connectivity index (χ1n) is 11.3. The SMILES string of the molecule is COc1ccc(CN2C(=O)CC(C(=O)Nc3ccc(C)c(Cl)c3)SC2=Nc2ccc(OC)cc2)cc1. The molecule has 1 fully saturated rings. The molecule has 1 unspecified atom stereocenters. The summed E-state index contributed by atoms with van der Waals surface area (Å²) < 4.78 is 10.5. The Hall–Kier alpha value is -3.49. The van der Waals surface area contributed by atoms with Gasteiger partial charge in [0, 0.05) is 17.1 Å². The van der Waals surface area contributed by atoms with Gasteiger partial charge in [-0.1, -0.05) is 41.6 Å². The zero-order chi connectivity index (χ0) is 25.7. The van der Waals surface area contributed by atoms with Crippen molar-refractivity contribution in [1.29, 1.82) is 0 Å². The number of carbonyl (C=O) groups is 2. The molecule has 4 rings (SSSR count). The minimum atomic E-state index is -0.637. The zero-order valence-corrected chi connectivity index (χ0v) is 21.7. The van der Waals surface area contributed by atoms with Crippen LogP contribution in [0.4, 0.5) is 11.4 Å². The Balaban J connectivity index is 1.59. The van der Waals surface area contributed by atoms with Crippen LogP contribution in [0.25, 0.3) is 0 Å². The Morgan fingerprint density at radius 2 is 1.69 bits per heavy atom. The summed E-state index contributed by atoms with van der Waals surface area (Å²) in [5.41, 5.74) is 3.07. The summed E-state index contributed by atoms with van der Waals surface area (Å²) in [6, 6.07) is 20.0. The minimum absolute atomic E-state index is 0.0495. The van der Waals surface area contributed by atoms with E-state index >= 15 is 0 Å². The van der Waals surface area contributed by atoms with E-state index in [-0.39, 0.29) is 18.2 Å². The maximum atomic E-state index is 13.3. The van der Waals surface area contributed by atoms with Gasteiger partial charge in [-0.25, -0.2) is 4.99 Å². The van der Waals surface area contributed by atoms with Crippen molar-refractivity contribution in [3.63, 3.8) is 0 Å². The van der Waals surface area contributed by atoms with Crippen molar-refractivity contribution in [2.75, 3.05) is 19.5 Å². The number of amides is 2. The Kier molecular flexibility index (Phi) is 8.18. The monoisotopic (exact) mass is 523 g/mol. The van der Waals surface area contributed by atoms with Gasteiger partial charge in [0.1, 0.15) is 16.7 Å². The van der Waals surface area contributed by atoms with Gasteiger partial charge in [0.25, 0.3) is 0 Å². The van der Waals surface area contributed by atoms with E-state index in [1.807, 2.05) is 37.3 Å². The van der Waals surface area contributed by atoms with Crippen molar-refractivity contribution in [3.05, 3.63) is 82.9 Å². The second-order valence-corrected chi connectivity index (χ2v) is 9.76. The third kappa shape index (κ3) is 6.19. The van der Waals surface area contributed by atoms with Crippen molar-refractivity contribution >= 4 is 51.7 Å². The van der Waals surface area contributed by atoms with Crippen molar-refractivity contribution in [1.82, 2.24) is 4.90 Å². The number of aliphatic imine (C=N–C) groups is 1. The number of nitrogens with zero attached hydrogens (tertiary/aromatic N) is 2. The molecule has 2 amide bonds. The van der Waals surface area contributed by atoms with Gasteiger partial charge in [0.15, 0.2) is 5.17 Å². The molecule has 0 saturated carbocycles. The molecule has 0 bridgehead atoms. The molecular weight excluding hydrogens is 498 g/mol. The zero-order valence-electron chi connectivity index (χ0n) is 20.2. The first kappa shape index (κ1) is 25.6. The highest BCUT2D eigenvalue weighted by atomic mass is 35.5. The molecular formula is C27H26ClN3O4S. The normalized spacial score (nSPS) is 16.7. The van der Waals surface area contributed by atoms with E-state index in [0.717, 1.165) is 16.9 Å². The van der Waals surface area contributed by atoms with Crippen LogP contribution in [0.2, 0.25) is 5.02 Å². The molecule has 0 radical (unpaired) electrons. The molecule has 186 valence electrons. The maximum Gasteiger partial charge on any atom is 0.238 e. The highest BCUT2D eigenvalue weighted by Crippen LogP contribution is 2.32. The summed E-state index contributed by atoms with van der Waals surface area (Å²) in [6.07, 6.45) is 0.0495. The fourth-order valence-corrected chi connectivity index (χ4v) is 4.85. The predicted octanol–water partition coefficient (Wildman–Crippen LogP) is 5.83. The Morgan fingerprint density at radius 3 is 2.31 bits per heavy atom. The van der Waals surface area contributed by atoms with E-state index < -0.39 is 5.25 Å². The van der Waals surface area contributed by atoms with E-state index in [1.165, 1.54) is 11.8 Å². The molecule has 0 aliphatic carbocycles. The Bertz CT molecular complexity index is 1280. The quantitative estimate of drug-likeness (QED) is 0.421. The van der Waals surface area contributed by atoms with Crippen molar-refractivity contribution < 1.29 is 19.1 Å². The smallest absolute Gasteiger partial charge is 0.238 e. The second-order valence-electron chi connectivity index (χ2n) is 8.18. The van der Waals surface area contributed by atoms with Gasteiger partial charge in [0.05, 0.1) is 26.5 Å². The molecule has 3 aromatic carbocycles. The summed E-state index contributed by atoms with van der Waals surface area (Å²) in [7, 11) is 3.20. The Labute approximate surface area is 219 Å². The number of carbonyl (C=O) groups excluding carboxylic acids is 2. The number of methoxy groups -OCH3 is 2. The number of thioether (sulfide) groups is 1. The summed E-state index contributed by atoms with van der Waals surface area (Å²) in [4.78, 5) is 32.7. The Morgan fingerprint density at radius 1 is 1.06 bits per heavy atom. The summed E-state index contributed by atoms with van der Waals surface area (Å²) >= 11 is 7.47. The molecule has 7 nitrogen and oxygen atoms in total. The highest BCUT2D eigenvalue weighted by molar-refractivity contribution is 8.15. The highest BCUT2D eigenvalue weighted by Gasteiger charge is 2.36. The van der Waals surface area contributed by atoms with Crippen LogP contribution in [0.15, 0.2) is 71.7 Å². The molecule has 1 aliphatic rings. The number of anilines is 1. The third-order valence-electron chi connectivity index (χ3n) is 5.67. The van der Waals surface area contributed by atoms with Crippen LogP contribution >= 0.6 is 23.4 Å². The number of rotatable bonds is 7. The van der Waals surface area contributed by atoms with E-state index in [1.54, 1.807) is 55.5 Å². The van der Waals surface area contributed by atoms with E-state index in [9.17, 15) is 9.59 Å². The molecule has 3 aromatic rings. The van der Waals surface area contributed by atoms with Crippen molar-refractivity contribution in [3.8, 4) is 11.5 Å². The first-order valence-corrected chi connectivity index (χ1v) is 12.5. The lowest BCUT2D eigenvalue weighted by molar-refractivity contribution is -0.129. The predicted molar refractivity (Wildman–Crippen MR) is 144 cm³/mol. The van der Waals surface area contributed by atoms with Gasteiger partial charge < -0.3 is 14.8 Å². The van der Waals surface area contributed by atoms with Crippen LogP contribution in [-0.2, 0) is 16.1 Å². The molecule has 1 atom stereocenters. The maximum absolute atomic E-state index is 13.3. The van der Waals surface area contributed by atoms with Gasteiger partial charge in [0.2, 0.25) is 11.8 Å². The van der Waals surface area contributed by atoms with Crippen LogP contribution in [0.1, 0.15) is 17.5 Å². The third-order valence-corrected chi connectivity index (χ3v) is 7.26. The number of benzene rings is 3. The molecule has 9 heteroatoms. The summed E-state index contributed by atoms with van der Waals surface area (Å²) in [5.74, 6) is 0.979. The molecule has 1 N–H and O–H groups in total. The van der Waals surface area contributed by atoms with Gasteiger partial charge >= 0.3 is 0 Å². The van der Waals surface area contributed by atoms with Crippen LogP contribution in [0, 0.1) is 6.92 Å². The number of halogens is 1. The number of hydrogen-bond donors (Lipinski definition) is 1. The molecule has 1 heterocycles. The van der Waals surface area contributed by atoms with Crippen LogP contribution < -0.4 is 14.8 Å². The number of aryl methyl sites for hydroxylation is 1. The van der Waals surface area contributed by atoms with Gasteiger partial charge in [-0.3, -0.25) is 14.5 Å². The largest absolute Gasteiger partial charge is 0.497 e. The number of nitrogens with one attached hydrogen (secondary N) is 1. The molecule has 0 aromatic heterocycles. The van der Waals surface area contributed by atoms with Crippen LogP contribution in [0.3, 0.4) is 0 Å². The topological polar surface area (TPSA) is 80.2 Å². The first-order chi connectivity index (χ1) is 17.4. The average molecular weight is 524 g/mol. The van der Waals surface area contributed by atoms with Crippen molar-refractivity contribution in [2.45, 2.75) is 25.1 Å². The molecule has 36 heavy (non-hydrogen) atoms. The molecule has 1 saturated heterocycles.